The molecule has 0 radical (unpaired) electrons. The van der Waals surface area contributed by atoms with E-state index in [-0.39, 0.29) is 16.8 Å². The van der Waals surface area contributed by atoms with E-state index in [0.29, 0.717) is 5.69 Å². The number of hydrogen-bond acceptors (Lipinski definition) is 4. The van der Waals surface area contributed by atoms with E-state index in [1.54, 1.807) is 12.1 Å². The van der Waals surface area contributed by atoms with Crippen molar-refractivity contribution in [3.63, 3.8) is 0 Å². The molecule has 5 nitrogen and oxygen atoms in total. The summed E-state index contributed by atoms with van der Waals surface area (Å²) in [6.07, 6.45) is 0.734. The molecule has 0 spiro atoms. The quantitative estimate of drug-likeness (QED) is 0.387. The first-order valence-corrected chi connectivity index (χ1v) is 6.29. The van der Waals surface area contributed by atoms with E-state index < -0.39 is 4.92 Å². The Balaban J connectivity index is 3.53. The highest BCUT2D eigenvalue weighted by molar-refractivity contribution is 5.88. The number of anilines is 1. The molecular formula is C14H21N3O2. The van der Waals surface area contributed by atoms with Gasteiger partial charge in [-0.2, -0.15) is 0 Å². The second-order valence-electron chi connectivity index (χ2n) is 5.64. The Morgan fingerprint density at radius 2 is 2.00 bits per heavy atom. The van der Waals surface area contributed by atoms with E-state index in [9.17, 15) is 10.1 Å². The number of nitro groups is 1. The number of benzene rings is 1. The number of rotatable bonds is 3. The Labute approximate surface area is 113 Å². The molecule has 0 saturated heterocycles. The average molecular weight is 263 g/mol. The average Bonchev–Trinajstić information content (AvgIpc) is 2.29. The van der Waals surface area contributed by atoms with Crippen LogP contribution in [0.5, 0.6) is 0 Å². The Morgan fingerprint density at radius 3 is 2.42 bits per heavy atom. The molecule has 1 aromatic rings. The summed E-state index contributed by atoms with van der Waals surface area (Å²) in [6.45, 7) is 9.76. The van der Waals surface area contributed by atoms with E-state index in [0.717, 1.165) is 17.7 Å². The predicted molar refractivity (Wildman–Crippen MR) is 79.3 cm³/mol. The molecule has 5 heteroatoms. The molecule has 104 valence electrons. The van der Waals surface area contributed by atoms with Crippen LogP contribution in [0.1, 0.15) is 46.6 Å². The van der Waals surface area contributed by atoms with Crippen molar-refractivity contribution in [2.75, 3.05) is 5.73 Å². The summed E-state index contributed by atoms with van der Waals surface area (Å²) in [5.41, 5.74) is 8.00. The van der Waals surface area contributed by atoms with E-state index >= 15 is 0 Å². The maximum Gasteiger partial charge on any atom is 0.297 e. The van der Waals surface area contributed by atoms with Gasteiger partial charge in [0.05, 0.1) is 10.6 Å². The summed E-state index contributed by atoms with van der Waals surface area (Å²) in [5, 5.41) is 11.2. The Hall–Kier alpha value is -1.91. The van der Waals surface area contributed by atoms with Gasteiger partial charge in [-0.05, 0) is 30.4 Å². The molecule has 2 N–H and O–H groups in total. The summed E-state index contributed by atoms with van der Waals surface area (Å²) < 4.78 is 0. The van der Waals surface area contributed by atoms with E-state index in [4.69, 9.17) is 5.73 Å². The summed E-state index contributed by atoms with van der Waals surface area (Å²) in [6, 6.07) is 3.34. The van der Waals surface area contributed by atoms with Crippen LogP contribution in [0, 0.1) is 10.1 Å². The Kier molecular flexibility index (Phi) is 4.29. The van der Waals surface area contributed by atoms with Gasteiger partial charge in [0.25, 0.3) is 5.69 Å². The molecule has 0 aromatic heterocycles. The molecule has 1 aromatic carbocycles. The molecule has 0 amide bonds. The molecule has 1 rings (SSSR count). The number of hydrogen-bond donors (Lipinski definition) is 1. The lowest BCUT2D eigenvalue weighted by molar-refractivity contribution is -0.384. The molecule has 0 atom stereocenters. The second-order valence-corrected chi connectivity index (χ2v) is 5.64. The highest BCUT2D eigenvalue weighted by Gasteiger charge is 2.23. The van der Waals surface area contributed by atoms with Gasteiger partial charge in [0.2, 0.25) is 0 Å². The van der Waals surface area contributed by atoms with Crippen molar-refractivity contribution >= 4 is 22.8 Å². The van der Waals surface area contributed by atoms with Gasteiger partial charge >= 0.3 is 0 Å². The molecule has 0 saturated carbocycles. The topological polar surface area (TPSA) is 81.5 Å². The molecule has 0 fully saturated rings. The third kappa shape index (κ3) is 3.53. The fourth-order valence-electron chi connectivity index (χ4n) is 1.61. The fraction of sp³-hybridized carbons (Fsp3) is 0.500. The SMILES string of the molecule is CC/C(C)=N/c1c(N)cc(C(C)(C)C)cc1[N+](=O)[O-]. The highest BCUT2D eigenvalue weighted by atomic mass is 16.6. The van der Waals surface area contributed by atoms with Crippen molar-refractivity contribution in [3.8, 4) is 0 Å². The standard InChI is InChI=1S/C14H21N3O2/c1-6-9(2)16-13-11(15)7-10(14(3,4)5)8-12(13)17(18)19/h7-8H,6,15H2,1-5H3/b16-9+. The minimum atomic E-state index is -0.423. The zero-order valence-corrected chi connectivity index (χ0v) is 12.2. The van der Waals surface area contributed by atoms with Crippen molar-refractivity contribution in [1.29, 1.82) is 0 Å². The highest BCUT2D eigenvalue weighted by Crippen LogP contribution is 2.38. The van der Waals surface area contributed by atoms with Crippen LogP contribution in [0.15, 0.2) is 17.1 Å². The first kappa shape index (κ1) is 15.1. The minimum absolute atomic E-state index is 0.0299. The summed E-state index contributed by atoms with van der Waals surface area (Å²) in [4.78, 5) is 15.1. The van der Waals surface area contributed by atoms with Crippen LogP contribution in [-0.2, 0) is 5.41 Å². The lowest BCUT2D eigenvalue weighted by atomic mass is 9.86. The van der Waals surface area contributed by atoms with E-state index in [1.807, 2.05) is 34.6 Å². The van der Waals surface area contributed by atoms with Crippen LogP contribution >= 0.6 is 0 Å². The summed E-state index contributed by atoms with van der Waals surface area (Å²) in [5.74, 6) is 0. The van der Waals surface area contributed by atoms with Gasteiger partial charge in [0.15, 0.2) is 5.69 Å². The molecule has 0 heterocycles. The van der Waals surface area contributed by atoms with Crippen LogP contribution in [0.2, 0.25) is 0 Å². The van der Waals surface area contributed by atoms with Crippen molar-refractivity contribution < 1.29 is 4.92 Å². The third-order valence-electron chi connectivity index (χ3n) is 3.00. The van der Waals surface area contributed by atoms with Gasteiger partial charge in [-0.3, -0.25) is 10.1 Å². The zero-order chi connectivity index (χ0) is 14.8. The maximum absolute atomic E-state index is 11.2. The maximum atomic E-state index is 11.2. The van der Waals surface area contributed by atoms with Gasteiger partial charge in [-0.25, -0.2) is 4.99 Å². The number of nitrogens with zero attached hydrogens (tertiary/aromatic N) is 2. The van der Waals surface area contributed by atoms with Crippen molar-refractivity contribution in [3.05, 3.63) is 27.8 Å². The van der Waals surface area contributed by atoms with Crippen LogP contribution in [-0.4, -0.2) is 10.6 Å². The lowest BCUT2D eigenvalue weighted by Gasteiger charge is -2.20. The van der Waals surface area contributed by atoms with Crippen LogP contribution < -0.4 is 5.73 Å². The monoisotopic (exact) mass is 263 g/mol. The lowest BCUT2D eigenvalue weighted by Crippen LogP contribution is -2.12. The molecule has 19 heavy (non-hydrogen) atoms. The molecule has 0 aliphatic carbocycles. The molecule has 0 aliphatic rings. The third-order valence-corrected chi connectivity index (χ3v) is 3.00. The van der Waals surface area contributed by atoms with Gasteiger partial charge in [-0.1, -0.05) is 27.7 Å². The first-order chi connectivity index (χ1) is 8.66. The molecule has 0 bridgehead atoms. The first-order valence-electron chi connectivity index (χ1n) is 6.29. The normalized spacial score (nSPS) is 12.6. The molecular weight excluding hydrogens is 242 g/mol. The van der Waals surface area contributed by atoms with Crippen molar-refractivity contribution in [1.82, 2.24) is 0 Å². The Bertz CT molecular complexity index is 528. The van der Waals surface area contributed by atoms with E-state index in [1.165, 1.54) is 0 Å². The van der Waals surface area contributed by atoms with E-state index in [2.05, 4.69) is 4.99 Å². The second kappa shape index (κ2) is 5.38. The molecule has 0 aliphatic heterocycles. The number of aliphatic imine (C=N–C) groups is 1. The summed E-state index contributed by atoms with van der Waals surface area (Å²) in [7, 11) is 0. The largest absolute Gasteiger partial charge is 0.397 e. The predicted octanol–water partition coefficient (Wildman–Crippen LogP) is 3.98. The fourth-order valence-corrected chi connectivity index (χ4v) is 1.61. The molecule has 0 unspecified atom stereocenters. The van der Waals surface area contributed by atoms with Crippen molar-refractivity contribution in [2.45, 2.75) is 46.5 Å². The zero-order valence-electron chi connectivity index (χ0n) is 12.2. The number of nitrogen functional groups attached to an aromatic ring is 1. The Morgan fingerprint density at radius 1 is 1.42 bits per heavy atom. The van der Waals surface area contributed by atoms with Gasteiger partial charge in [-0.15, -0.1) is 0 Å². The van der Waals surface area contributed by atoms with Gasteiger partial charge < -0.3 is 5.73 Å². The minimum Gasteiger partial charge on any atom is -0.397 e. The smallest absolute Gasteiger partial charge is 0.297 e. The van der Waals surface area contributed by atoms with Crippen LogP contribution in [0.4, 0.5) is 17.1 Å². The number of nitro benzene ring substituents is 1. The number of nitrogens with two attached hydrogens (primary N) is 1. The van der Waals surface area contributed by atoms with Gasteiger partial charge in [0.1, 0.15) is 0 Å². The van der Waals surface area contributed by atoms with Crippen molar-refractivity contribution in [2.24, 2.45) is 4.99 Å². The van der Waals surface area contributed by atoms with Crippen LogP contribution in [0.25, 0.3) is 0 Å². The summed E-state index contributed by atoms with van der Waals surface area (Å²) >= 11 is 0. The van der Waals surface area contributed by atoms with Gasteiger partial charge in [0, 0.05) is 11.8 Å². The van der Waals surface area contributed by atoms with Crippen LogP contribution in [0.3, 0.4) is 0 Å².